The third-order valence-electron chi connectivity index (χ3n) is 2.49. The largest absolute Gasteiger partial charge is 0.346 e. The topological polar surface area (TPSA) is 4.93 Å². The zero-order valence-electron chi connectivity index (χ0n) is 8.81. The van der Waals surface area contributed by atoms with Crippen LogP contribution in [0.5, 0.6) is 0 Å². The highest BCUT2D eigenvalue weighted by Crippen LogP contribution is 2.19. The monoisotopic (exact) mass is 165 g/mol. The van der Waals surface area contributed by atoms with Gasteiger partial charge >= 0.3 is 0 Å². The Labute approximate surface area is 75.4 Å². The van der Waals surface area contributed by atoms with Gasteiger partial charge in [0.15, 0.2) is 0 Å². The number of aryl methyl sites for hydroxylation is 2. The van der Waals surface area contributed by atoms with E-state index >= 15 is 0 Å². The molecule has 1 heterocycles. The normalized spacial score (nSPS) is 11.2. The molecule has 1 aromatic heterocycles. The fraction of sp³-hybridized carbons (Fsp3) is 0.636. The van der Waals surface area contributed by atoms with Crippen LogP contribution in [0.2, 0.25) is 0 Å². The Hall–Kier alpha value is -0.720. The van der Waals surface area contributed by atoms with Crippen molar-refractivity contribution in [2.45, 2.75) is 47.1 Å². The van der Waals surface area contributed by atoms with Crippen LogP contribution in [0.3, 0.4) is 0 Å². The second-order valence-corrected chi connectivity index (χ2v) is 3.71. The Morgan fingerprint density at radius 3 is 2.17 bits per heavy atom. The molecule has 0 bridgehead atoms. The van der Waals surface area contributed by atoms with Gasteiger partial charge in [0.1, 0.15) is 0 Å². The Balaban J connectivity index is 3.19. The van der Waals surface area contributed by atoms with Crippen LogP contribution in [0.15, 0.2) is 6.07 Å². The number of aromatic nitrogens is 1. The van der Waals surface area contributed by atoms with E-state index < -0.39 is 0 Å². The molecule has 0 saturated carbocycles. The van der Waals surface area contributed by atoms with E-state index in [4.69, 9.17) is 0 Å². The number of hydrogen-bond donors (Lipinski definition) is 0. The molecule has 0 atom stereocenters. The molecule has 0 aliphatic rings. The van der Waals surface area contributed by atoms with Crippen LogP contribution in [-0.4, -0.2) is 4.57 Å². The van der Waals surface area contributed by atoms with E-state index in [1.165, 1.54) is 17.0 Å². The van der Waals surface area contributed by atoms with Crippen molar-refractivity contribution in [3.05, 3.63) is 23.0 Å². The fourth-order valence-electron chi connectivity index (χ4n) is 2.00. The number of rotatable bonds is 2. The van der Waals surface area contributed by atoms with Gasteiger partial charge in [-0.05, 0) is 45.7 Å². The van der Waals surface area contributed by atoms with Crippen molar-refractivity contribution in [2.75, 3.05) is 0 Å². The summed E-state index contributed by atoms with van der Waals surface area (Å²) in [5, 5.41) is 0. The number of nitrogens with zero attached hydrogens (tertiary/aromatic N) is 1. The zero-order valence-corrected chi connectivity index (χ0v) is 8.81. The first kappa shape index (κ1) is 9.37. The molecule has 0 aromatic carbocycles. The lowest BCUT2D eigenvalue weighted by Crippen LogP contribution is -2.04. The summed E-state index contributed by atoms with van der Waals surface area (Å²) in [6.45, 7) is 11.1. The van der Waals surface area contributed by atoms with Crippen molar-refractivity contribution < 1.29 is 0 Å². The minimum atomic E-state index is 0.588. The second kappa shape index (κ2) is 3.34. The average molecular weight is 165 g/mol. The van der Waals surface area contributed by atoms with Crippen LogP contribution < -0.4 is 0 Å². The molecule has 1 nitrogen and oxygen atoms in total. The van der Waals surface area contributed by atoms with E-state index in [9.17, 15) is 0 Å². The standard InChI is InChI=1S/C11H19N/c1-6-11-7-9(4)12(8(2)3)10(11)5/h7-8H,6H2,1-5H3. The molecule has 1 rings (SSSR count). The van der Waals surface area contributed by atoms with Crippen molar-refractivity contribution in [2.24, 2.45) is 0 Å². The van der Waals surface area contributed by atoms with Crippen LogP contribution >= 0.6 is 0 Å². The molecular weight excluding hydrogens is 146 g/mol. The molecule has 0 saturated heterocycles. The lowest BCUT2D eigenvalue weighted by Gasteiger charge is -2.13. The zero-order chi connectivity index (χ0) is 9.30. The van der Waals surface area contributed by atoms with Crippen LogP contribution in [0, 0.1) is 13.8 Å². The quantitative estimate of drug-likeness (QED) is 0.634. The summed E-state index contributed by atoms with van der Waals surface area (Å²) < 4.78 is 2.40. The molecule has 1 heteroatoms. The van der Waals surface area contributed by atoms with Crippen LogP contribution in [0.1, 0.15) is 43.8 Å². The van der Waals surface area contributed by atoms with Gasteiger partial charge in [0.05, 0.1) is 0 Å². The predicted molar refractivity (Wildman–Crippen MR) is 53.7 cm³/mol. The molecule has 0 spiro atoms. The lowest BCUT2D eigenvalue weighted by atomic mass is 10.2. The highest BCUT2D eigenvalue weighted by atomic mass is 15.0. The summed E-state index contributed by atoms with van der Waals surface area (Å²) >= 11 is 0. The smallest absolute Gasteiger partial charge is 0.0279 e. The Bertz CT molecular complexity index is 269. The van der Waals surface area contributed by atoms with E-state index in [1.807, 2.05) is 0 Å². The van der Waals surface area contributed by atoms with E-state index in [0.29, 0.717) is 6.04 Å². The Morgan fingerprint density at radius 1 is 1.33 bits per heavy atom. The summed E-state index contributed by atoms with van der Waals surface area (Å²) in [5.74, 6) is 0. The fourth-order valence-corrected chi connectivity index (χ4v) is 2.00. The molecular formula is C11H19N. The Kier molecular flexibility index (Phi) is 2.61. The molecule has 0 radical (unpaired) electrons. The maximum atomic E-state index is 2.40. The minimum Gasteiger partial charge on any atom is -0.346 e. The molecule has 0 amide bonds. The van der Waals surface area contributed by atoms with Gasteiger partial charge in [-0.15, -0.1) is 0 Å². The van der Waals surface area contributed by atoms with E-state index in [-0.39, 0.29) is 0 Å². The van der Waals surface area contributed by atoms with Gasteiger partial charge < -0.3 is 4.57 Å². The van der Waals surface area contributed by atoms with Crippen LogP contribution in [0.25, 0.3) is 0 Å². The number of hydrogen-bond acceptors (Lipinski definition) is 0. The summed E-state index contributed by atoms with van der Waals surface area (Å²) in [5.41, 5.74) is 4.31. The summed E-state index contributed by atoms with van der Waals surface area (Å²) in [4.78, 5) is 0. The molecule has 0 N–H and O–H groups in total. The molecule has 0 unspecified atom stereocenters. The van der Waals surface area contributed by atoms with E-state index in [0.717, 1.165) is 6.42 Å². The SMILES string of the molecule is CCc1cc(C)n(C(C)C)c1C. The van der Waals surface area contributed by atoms with Gasteiger partial charge in [-0.3, -0.25) is 0 Å². The van der Waals surface area contributed by atoms with Crippen molar-refractivity contribution in [3.63, 3.8) is 0 Å². The third-order valence-corrected chi connectivity index (χ3v) is 2.49. The second-order valence-electron chi connectivity index (χ2n) is 3.71. The first-order valence-corrected chi connectivity index (χ1v) is 4.75. The summed E-state index contributed by atoms with van der Waals surface area (Å²) in [7, 11) is 0. The molecule has 0 fully saturated rings. The first-order valence-electron chi connectivity index (χ1n) is 4.75. The van der Waals surface area contributed by atoms with Gasteiger partial charge in [0.25, 0.3) is 0 Å². The van der Waals surface area contributed by atoms with Gasteiger partial charge in [-0.1, -0.05) is 6.92 Å². The Morgan fingerprint density at radius 2 is 1.92 bits per heavy atom. The molecule has 12 heavy (non-hydrogen) atoms. The van der Waals surface area contributed by atoms with Crippen molar-refractivity contribution in [1.29, 1.82) is 0 Å². The van der Waals surface area contributed by atoms with Gasteiger partial charge in [-0.2, -0.15) is 0 Å². The summed E-state index contributed by atoms with van der Waals surface area (Å²) in [6.07, 6.45) is 1.15. The van der Waals surface area contributed by atoms with Crippen molar-refractivity contribution >= 4 is 0 Å². The van der Waals surface area contributed by atoms with Crippen LogP contribution in [-0.2, 0) is 6.42 Å². The van der Waals surface area contributed by atoms with Crippen molar-refractivity contribution in [1.82, 2.24) is 4.57 Å². The van der Waals surface area contributed by atoms with Gasteiger partial charge in [0, 0.05) is 17.4 Å². The molecule has 1 aromatic rings. The minimum absolute atomic E-state index is 0.588. The summed E-state index contributed by atoms with van der Waals surface area (Å²) in [6, 6.07) is 2.89. The molecule has 68 valence electrons. The lowest BCUT2D eigenvalue weighted by molar-refractivity contribution is 0.573. The van der Waals surface area contributed by atoms with E-state index in [1.54, 1.807) is 0 Å². The third kappa shape index (κ3) is 1.40. The maximum absolute atomic E-state index is 2.40. The highest BCUT2D eigenvalue weighted by molar-refractivity contribution is 5.27. The first-order chi connectivity index (χ1) is 5.57. The van der Waals surface area contributed by atoms with Gasteiger partial charge in [0.2, 0.25) is 0 Å². The van der Waals surface area contributed by atoms with Crippen LogP contribution in [0.4, 0.5) is 0 Å². The predicted octanol–water partition coefficient (Wildman–Crippen LogP) is 3.25. The van der Waals surface area contributed by atoms with Crippen molar-refractivity contribution in [3.8, 4) is 0 Å². The van der Waals surface area contributed by atoms with E-state index in [2.05, 4.69) is 45.3 Å². The molecule has 0 aliphatic heterocycles. The average Bonchev–Trinajstić information content (AvgIpc) is 2.25. The highest BCUT2D eigenvalue weighted by Gasteiger charge is 2.08. The molecule has 0 aliphatic carbocycles. The van der Waals surface area contributed by atoms with Gasteiger partial charge in [-0.25, -0.2) is 0 Å². The maximum Gasteiger partial charge on any atom is 0.0279 e.